The molecule has 3 atom stereocenters. The lowest BCUT2D eigenvalue weighted by atomic mass is 9.80. The largest absolute Gasteiger partial charge is 0.434 e. The molecule has 1 aliphatic rings. The molecule has 34 heavy (non-hydrogen) atoms. The van der Waals surface area contributed by atoms with E-state index in [1.807, 2.05) is 6.92 Å². The van der Waals surface area contributed by atoms with E-state index in [4.69, 9.17) is 4.42 Å². The average molecular weight is 490 g/mol. The number of fused-ring (bicyclic) bond motifs is 1. The highest BCUT2D eigenvalue weighted by molar-refractivity contribution is 7.89. The predicted octanol–water partition coefficient (Wildman–Crippen LogP) is 3.49. The SMILES string of the molecule is Cc1ccc(F)c(C(C)C(NS(=O)(=O)c2ccc3c(c2)C(C)(O)CCC3)c2n[nH]c(=O)o2)c1C. The number of aryl methyl sites for hydroxylation is 2. The number of rotatable bonds is 6. The summed E-state index contributed by atoms with van der Waals surface area (Å²) in [7, 11) is -4.17. The summed E-state index contributed by atoms with van der Waals surface area (Å²) in [4.78, 5) is 11.6. The van der Waals surface area contributed by atoms with Gasteiger partial charge in [-0.2, -0.15) is 4.72 Å². The number of hydrogen-bond acceptors (Lipinski definition) is 6. The minimum atomic E-state index is -4.17. The Morgan fingerprint density at radius 1 is 1.26 bits per heavy atom. The van der Waals surface area contributed by atoms with E-state index in [0.717, 1.165) is 24.0 Å². The first-order valence-electron chi connectivity index (χ1n) is 11.1. The zero-order valence-corrected chi connectivity index (χ0v) is 20.3. The van der Waals surface area contributed by atoms with Crippen molar-refractivity contribution >= 4 is 10.0 Å². The van der Waals surface area contributed by atoms with Gasteiger partial charge in [0.2, 0.25) is 15.9 Å². The van der Waals surface area contributed by atoms with Crippen molar-refractivity contribution in [2.45, 2.75) is 69.4 Å². The number of nitrogens with zero attached hydrogens (tertiary/aromatic N) is 1. The fourth-order valence-electron chi connectivity index (χ4n) is 4.71. The van der Waals surface area contributed by atoms with E-state index in [-0.39, 0.29) is 10.8 Å². The van der Waals surface area contributed by atoms with Crippen molar-refractivity contribution in [1.29, 1.82) is 0 Å². The Balaban J connectivity index is 1.78. The minimum absolute atomic E-state index is 0.0510. The minimum Gasteiger partial charge on any atom is -0.391 e. The molecule has 0 saturated heterocycles. The van der Waals surface area contributed by atoms with Crippen LogP contribution in [0.5, 0.6) is 0 Å². The fourth-order valence-corrected chi connectivity index (χ4v) is 6.00. The Kier molecular flexibility index (Phi) is 6.26. The molecule has 1 heterocycles. The van der Waals surface area contributed by atoms with Crippen LogP contribution in [0.1, 0.15) is 72.4 Å². The van der Waals surface area contributed by atoms with Crippen molar-refractivity contribution < 1.29 is 22.3 Å². The van der Waals surface area contributed by atoms with Crippen molar-refractivity contribution in [3.63, 3.8) is 0 Å². The summed E-state index contributed by atoms with van der Waals surface area (Å²) in [6.07, 6.45) is 2.09. The van der Waals surface area contributed by atoms with Gasteiger partial charge in [-0.15, -0.1) is 5.10 Å². The van der Waals surface area contributed by atoms with Gasteiger partial charge in [-0.1, -0.05) is 19.1 Å². The molecule has 0 aliphatic heterocycles. The Hall–Kier alpha value is -2.82. The number of H-pyrrole nitrogens is 1. The lowest BCUT2D eigenvalue weighted by molar-refractivity contribution is 0.0385. The number of aliphatic hydroxyl groups is 1. The monoisotopic (exact) mass is 489 g/mol. The van der Waals surface area contributed by atoms with E-state index in [1.165, 1.54) is 18.2 Å². The highest BCUT2D eigenvalue weighted by Gasteiger charge is 2.35. The third-order valence-electron chi connectivity index (χ3n) is 6.77. The number of hydrogen-bond donors (Lipinski definition) is 3. The maximum absolute atomic E-state index is 14.9. The third-order valence-corrected chi connectivity index (χ3v) is 8.21. The number of sulfonamides is 1. The van der Waals surface area contributed by atoms with Crippen LogP contribution in [-0.4, -0.2) is 23.7 Å². The van der Waals surface area contributed by atoms with Crippen LogP contribution in [0.4, 0.5) is 4.39 Å². The van der Waals surface area contributed by atoms with Crippen molar-refractivity contribution in [2.75, 3.05) is 0 Å². The van der Waals surface area contributed by atoms with Crippen LogP contribution in [0.15, 0.2) is 44.4 Å². The van der Waals surface area contributed by atoms with Crippen LogP contribution in [0.2, 0.25) is 0 Å². The van der Waals surface area contributed by atoms with Gasteiger partial charge >= 0.3 is 5.76 Å². The van der Waals surface area contributed by atoms with Crippen LogP contribution in [-0.2, 0) is 22.0 Å². The van der Waals surface area contributed by atoms with Gasteiger partial charge in [-0.25, -0.2) is 22.7 Å². The van der Waals surface area contributed by atoms with Crippen molar-refractivity contribution in [2.24, 2.45) is 0 Å². The summed E-state index contributed by atoms with van der Waals surface area (Å²) in [6, 6.07) is 6.45. The van der Waals surface area contributed by atoms with Crippen LogP contribution in [0.25, 0.3) is 0 Å². The molecular formula is C24H28FN3O5S. The van der Waals surface area contributed by atoms with Gasteiger partial charge in [0.1, 0.15) is 11.9 Å². The molecule has 0 amide bonds. The van der Waals surface area contributed by atoms with E-state index in [9.17, 15) is 22.7 Å². The van der Waals surface area contributed by atoms with Crippen LogP contribution < -0.4 is 10.5 Å². The fraction of sp³-hybridized carbons (Fsp3) is 0.417. The van der Waals surface area contributed by atoms with Crippen molar-refractivity contribution in [3.8, 4) is 0 Å². The molecule has 3 unspecified atom stereocenters. The number of benzene rings is 2. The van der Waals surface area contributed by atoms with E-state index in [1.54, 1.807) is 32.9 Å². The van der Waals surface area contributed by atoms with E-state index in [0.29, 0.717) is 23.1 Å². The number of aromatic nitrogens is 2. The predicted molar refractivity (Wildman–Crippen MR) is 123 cm³/mol. The van der Waals surface area contributed by atoms with Gasteiger partial charge in [0.05, 0.1) is 10.5 Å². The smallest absolute Gasteiger partial charge is 0.391 e. The molecule has 3 aromatic rings. The Bertz CT molecular complexity index is 1390. The molecule has 10 heteroatoms. The molecule has 1 aromatic heterocycles. The molecule has 0 fully saturated rings. The van der Waals surface area contributed by atoms with E-state index in [2.05, 4.69) is 14.9 Å². The van der Waals surface area contributed by atoms with E-state index < -0.39 is 39.2 Å². The molecule has 0 bridgehead atoms. The molecule has 4 rings (SSSR count). The molecular weight excluding hydrogens is 461 g/mol. The highest BCUT2D eigenvalue weighted by Crippen LogP contribution is 2.38. The van der Waals surface area contributed by atoms with Gasteiger partial charge in [0.25, 0.3) is 0 Å². The summed E-state index contributed by atoms with van der Waals surface area (Å²) in [5, 5.41) is 16.7. The highest BCUT2D eigenvalue weighted by atomic mass is 32.2. The molecule has 0 saturated carbocycles. The second-order valence-electron chi connectivity index (χ2n) is 9.19. The summed E-state index contributed by atoms with van der Waals surface area (Å²) < 4.78 is 49.4. The molecule has 0 radical (unpaired) electrons. The summed E-state index contributed by atoms with van der Waals surface area (Å²) in [6.45, 7) is 6.89. The third kappa shape index (κ3) is 4.45. The van der Waals surface area contributed by atoms with E-state index >= 15 is 0 Å². The second kappa shape index (κ2) is 8.75. The quantitative estimate of drug-likeness (QED) is 0.487. The van der Waals surface area contributed by atoms with Gasteiger partial charge < -0.3 is 9.52 Å². The normalized spacial score (nSPS) is 20.1. The van der Waals surface area contributed by atoms with Gasteiger partial charge in [-0.3, -0.25) is 0 Å². The van der Waals surface area contributed by atoms with Crippen LogP contribution in [0.3, 0.4) is 0 Å². The van der Waals surface area contributed by atoms with Gasteiger partial charge in [-0.05, 0) is 86.1 Å². The molecule has 2 aromatic carbocycles. The van der Waals surface area contributed by atoms with Crippen LogP contribution >= 0.6 is 0 Å². The Morgan fingerprint density at radius 3 is 2.68 bits per heavy atom. The first-order chi connectivity index (χ1) is 15.9. The second-order valence-corrected chi connectivity index (χ2v) is 10.9. The zero-order chi connectivity index (χ0) is 24.8. The molecule has 1 aliphatic carbocycles. The summed E-state index contributed by atoms with van der Waals surface area (Å²) in [5.74, 6) is -2.31. The van der Waals surface area contributed by atoms with Gasteiger partial charge in [0, 0.05) is 5.92 Å². The Morgan fingerprint density at radius 2 is 2.00 bits per heavy atom. The summed E-state index contributed by atoms with van der Waals surface area (Å²) in [5.41, 5.74) is 2.13. The average Bonchev–Trinajstić information content (AvgIpc) is 3.20. The number of aromatic amines is 1. The molecule has 8 nitrogen and oxygen atoms in total. The lowest BCUT2D eigenvalue weighted by Gasteiger charge is -2.31. The van der Waals surface area contributed by atoms with Gasteiger partial charge in [0.15, 0.2) is 0 Å². The lowest BCUT2D eigenvalue weighted by Crippen LogP contribution is -2.33. The van der Waals surface area contributed by atoms with Crippen molar-refractivity contribution in [3.05, 3.63) is 80.4 Å². The first-order valence-corrected chi connectivity index (χ1v) is 12.6. The number of halogens is 1. The zero-order valence-electron chi connectivity index (χ0n) is 19.5. The first kappa shape index (κ1) is 24.3. The Labute approximate surface area is 197 Å². The standard InChI is InChI=1S/C24H28FN3O5S/c1-13-7-10-19(25)20(14(13)2)15(3)21(22-26-27-23(29)33-22)28-34(31,32)17-9-8-16-6-5-11-24(4,30)18(16)12-17/h7-10,12,15,21,28,30H,5-6,11H2,1-4H3,(H,27,29). The molecule has 182 valence electrons. The maximum Gasteiger partial charge on any atom is 0.434 e. The van der Waals surface area contributed by atoms with Crippen LogP contribution in [0, 0.1) is 19.7 Å². The summed E-state index contributed by atoms with van der Waals surface area (Å²) >= 11 is 0. The maximum atomic E-state index is 14.9. The number of nitrogens with one attached hydrogen (secondary N) is 2. The van der Waals surface area contributed by atoms with Crippen molar-refractivity contribution in [1.82, 2.24) is 14.9 Å². The molecule has 3 N–H and O–H groups in total. The topological polar surface area (TPSA) is 125 Å². The molecule has 0 spiro atoms.